The SMILES string of the molecule is CC(C)n1nccc1-c1nccnc1CC1CCN(S(=O)(=O)N(C)C)CC1. The van der Waals surface area contributed by atoms with Gasteiger partial charge < -0.3 is 0 Å². The molecule has 0 amide bonds. The number of hydrogen-bond acceptors (Lipinski definition) is 5. The summed E-state index contributed by atoms with van der Waals surface area (Å²) in [7, 11) is -0.179. The second-order valence-corrected chi connectivity index (χ2v) is 9.59. The second kappa shape index (κ2) is 8.04. The Kier molecular flexibility index (Phi) is 5.92. The molecule has 0 saturated carbocycles. The number of aromatic nitrogens is 4. The highest BCUT2D eigenvalue weighted by atomic mass is 32.2. The zero-order valence-electron chi connectivity index (χ0n) is 16.4. The minimum absolute atomic E-state index is 0.240. The van der Waals surface area contributed by atoms with Gasteiger partial charge in [-0.1, -0.05) is 0 Å². The van der Waals surface area contributed by atoms with Crippen LogP contribution >= 0.6 is 0 Å². The van der Waals surface area contributed by atoms with Crippen molar-refractivity contribution in [3.8, 4) is 11.4 Å². The molecule has 0 spiro atoms. The molecule has 2 aromatic heterocycles. The van der Waals surface area contributed by atoms with Crippen molar-refractivity contribution in [1.29, 1.82) is 0 Å². The van der Waals surface area contributed by atoms with Gasteiger partial charge in [0.05, 0.1) is 11.4 Å². The van der Waals surface area contributed by atoms with Gasteiger partial charge in [0.25, 0.3) is 10.2 Å². The van der Waals surface area contributed by atoms with Crippen LogP contribution in [0.1, 0.15) is 38.4 Å². The van der Waals surface area contributed by atoms with Gasteiger partial charge in [-0.15, -0.1) is 0 Å². The Labute approximate surface area is 161 Å². The molecule has 0 radical (unpaired) electrons. The van der Waals surface area contributed by atoms with Crippen molar-refractivity contribution in [3.05, 3.63) is 30.4 Å². The fraction of sp³-hybridized carbons (Fsp3) is 0.611. The molecule has 1 aliphatic rings. The van der Waals surface area contributed by atoms with Crippen LogP contribution in [0.2, 0.25) is 0 Å². The number of piperidine rings is 1. The zero-order valence-corrected chi connectivity index (χ0v) is 17.2. The van der Waals surface area contributed by atoms with Crippen LogP contribution < -0.4 is 0 Å². The van der Waals surface area contributed by atoms with Crippen molar-refractivity contribution in [1.82, 2.24) is 28.4 Å². The Hall–Kier alpha value is -1.84. The van der Waals surface area contributed by atoms with Crippen LogP contribution in [0.15, 0.2) is 24.7 Å². The molecule has 0 bridgehead atoms. The third-order valence-corrected chi connectivity index (χ3v) is 6.96. The van der Waals surface area contributed by atoms with E-state index in [1.165, 1.54) is 4.31 Å². The zero-order chi connectivity index (χ0) is 19.6. The molecule has 0 aromatic carbocycles. The molecule has 9 heteroatoms. The summed E-state index contributed by atoms with van der Waals surface area (Å²) in [5.41, 5.74) is 2.79. The van der Waals surface area contributed by atoms with E-state index in [-0.39, 0.29) is 6.04 Å². The molecule has 1 fully saturated rings. The summed E-state index contributed by atoms with van der Waals surface area (Å²) < 4.78 is 29.4. The molecule has 0 N–H and O–H groups in total. The molecule has 0 atom stereocenters. The summed E-state index contributed by atoms with van der Waals surface area (Å²) in [4.78, 5) is 9.15. The topological polar surface area (TPSA) is 84.2 Å². The average molecular weight is 393 g/mol. The van der Waals surface area contributed by atoms with Gasteiger partial charge in [-0.05, 0) is 45.1 Å². The third kappa shape index (κ3) is 4.20. The molecule has 0 aliphatic carbocycles. The third-order valence-electron chi connectivity index (χ3n) is 5.02. The monoisotopic (exact) mass is 392 g/mol. The van der Waals surface area contributed by atoms with Gasteiger partial charge >= 0.3 is 0 Å². The first-order valence-electron chi connectivity index (χ1n) is 9.32. The Morgan fingerprint density at radius 2 is 1.81 bits per heavy atom. The van der Waals surface area contributed by atoms with Gasteiger partial charge in [-0.2, -0.15) is 22.1 Å². The van der Waals surface area contributed by atoms with Crippen molar-refractivity contribution < 1.29 is 8.42 Å². The first kappa shape index (κ1) is 19.9. The van der Waals surface area contributed by atoms with Gasteiger partial charge in [-0.3, -0.25) is 14.6 Å². The Bertz CT molecular complexity index is 869. The maximum atomic E-state index is 12.3. The summed E-state index contributed by atoms with van der Waals surface area (Å²) >= 11 is 0. The van der Waals surface area contributed by atoms with Crippen LogP contribution in [0.3, 0.4) is 0 Å². The summed E-state index contributed by atoms with van der Waals surface area (Å²) in [6.07, 6.45) is 7.67. The lowest BCUT2D eigenvalue weighted by Crippen LogP contribution is -2.44. The molecule has 2 aromatic rings. The normalized spacial score (nSPS) is 17.1. The second-order valence-electron chi connectivity index (χ2n) is 7.44. The van der Waals surface area contributed by atoms with Crippen LogP contribution in [0.25, 0.3) is 11.4 Å². The van der Waals surface area contributed by atoms with Gasteiger partial charge in [0.1, 0.15) is 5.69 Å². The van der Waals surface area contributed by atoms with Crippen molar-refractivity contribution >= 4 is 10.2 Å². The van der Waals surface area contributed by atoms with E-state index < -0.39 is 10.2 Å². The van der Waals surface area contributed by atoms with Crippen molar-refractivity contribution in [3.63, 3.8) is 0 Å². The molecule has 27 heavy (non-hydrogen) atoms. The minimum atomic E-state index is -3.33. The Balaban J connectivity index is 1.74. The lowest BCUT2D eigenvalue weighted by molar-refractivity contribution is 0.261. The number of nitrogens with zero attached hydrogens (tertiary/aromatic N) is 6. The predicted molar refractivity (Wildman–Crippen MR) is 104 cm³/mol. The van der Waals surface area contributed by atoms with Crippen LogP contribution in [0.4, 0.5) is 0 Å². The van der Waals surface area contributed by atoms with Gasteiger partial charge in [0.2, 0.25) is 0 Å². The maximum Gasteiger partial charge on any atom is 0.281 e. The summed E-state index contributed by atoms with van der Waals surface area (Å²) in [6.45, 7) is 5.27. The van der Waals surface area contributed by atoms with E-state index >= 15 is 0 Å². The molecule has 0 unspecified atom stereocenters. The van der Waals surface area contributed by atoms with Gasteiger partial charge in [-0.25, -0.2) is 0 Å². The van der Waals surface area contributed by atoms with E-state index in [2.05, 4.69) is 28.9 Å². The highest BCUT2D eigenvalue weighted by Gasteiger charge is 2.30. The Morgan fingerprint density at radius 3 is 2.44 bits per heavy atom. The fourth-order valence-electron chi connectivity index (χ4n) is 3.49. The highest BCUT2D eigenvalue weighted by Crippen LogP contribution is 2.28. The lowest BCUT2D eigenvalue weighted by Gasteiger charge is -2.32. The molecule has 3 rings (SSSR count). The van der Waals surface area contributed by atoms with Crippen molar-refractivity contribution in [2.24, 2.45) is 5.92 Å². The average Bonchev–Trinajstić information content (AvgIpc) is 3.12. The fourth-order valence-corrected chi connectivity index (χ4v) is 4.63. The van der Waals surface area contributed by atoms with Gasteiger partial charge in [0.15, 0.2) is 0 Å². The largest absolute Gasteiger partial charge is 0.281 e. The quantitative estimate of drug-likeness (QED) is 0.750. The summed E-state index contributed by atoms with van der Waals surface area (Å²) in [6, 6.07) is 2.21. The molecular formula is C18H28N6O2S. The highest BCUT2D eigenvalue weighted by molar-refractivity contribution is 7.86. The predicted octanol–water partition coefficient (Wildman–Crippen LogP) is 1.98. The minimum Gasteiger partial charge on any atom is -0.261 e. The smallest absolute Gasteiger partial charge is 0.261 e. The van der Waals surface area contributed by atoms with E-state index in [1.807, 2.05) is 10.7 Å². The van der Waals surface area contributed by atoms with Crippen molar-refractivity contribution in [2.45, 2.75) is 39.2 Å². The van der Waals surface area contributed by atoms with E-state index in [1.54, 1.807) is 37.0 Å². The lowest BCUT2D eigenvalue weighted by atomic mass is 9.92. The van der Waals surface area contributed by atoms with Crippen LogP contribution in [-0.4, -0.2) is 64.0 Å². The van der Waals surface area contributed by atoms with E-state index in [0.717, 1.165) is 36.3 Å². The molecule has 148 valence electrons. The number of hydrogen-bond donors (Lipinski definition) is 0. The van der Waals surface area contributed by atoms with Crippen LogP contribution in [-0.2, 0) is 16.6 Å². The van der Waals surface area contributed by atoms with E-state index in [0.29, 0.717) is 19.0 Å². The number of rotatable bonds is 6. The first-order valence-corrected chi connectivity index (χ1v) is 10.7. The molecule has 1 saturated heterocycles. The van der Waals surface area contributed by atoms with E-state index in [9.17, 15) is 8.42 Å². The van der Waals surface area contributed by atoms with Gasteiger partial charge in [0, 0.05) is 51.8 Å². The van der Waals surface area contributed by atoms with E-state index in [4.69, 9.17) is 0 Å². The standard InChI is InChI=1S/C18H28N6O2S/c1-14(2)24-17(5-8-21-24)18-16(19-9-10-20-18)13-15-6-11-23(12-7-15)27(25,26)22(3)4/h5,8-10,14-15H,6-7,11-13H2,1-4H3. The molecule has 3 heterocycles. The molecule has 8 nitrogen and oxygen atoms in total. The maximum absolute atomic E-state index is 12.3. The Morgan fingerprint density at radius 1 is 1.15 bits per heavy atom. The summed E-state index contributed by atoms with van der Waals surface area (Å²) in [5, 5.41) is 4.40. The van der Waals surface area contributed by atoms with Crippen LogP contribution in [0, 0.1) is 5.92 Å². The molecule has 1 aliphatic heterocycles. The summed E-state index contributed by atoms with van der Waals surface area (Å²) in [5.74, 6) is 0.393. The van der Waals surface area contributed by atoms with Crippen LogP contribution in [0.5, 0.6) is 0 Å². The first-order chi connectivity index (χ1) is 12.8. The molecular weight excluding hydrogens is 364 g/mol. The van der Waals surface area contributed by atoms with Crippen molar-refractivity contribution in [2.75, 3.05) is 27.2 Å².